The van der Waals surface area contributed by atoms with E-state index in [4.69, 9.17) is 15.0 Å². The second-order valence-corrected chi connectivity index (χ2v) is 16.3. The van der Waals surface area contributed by atoms with Crippen LogP contribution in [0.4, 0.5) is 0 Å². The first-order chi connectivity index (χ1) is 29.2. The number of hydrogen-bond donors (Lipinski definition) is 0. The highest BCUT2D eigenvalue weighted by Crippen LogP contribution is 2.42. The number of benzene rings is 8. The van der Waals surface area contributed by atoms with Crippen molar-refractivity contribution in [1.82, 2.24) is 23.8 Å². The molecule has 59 heavy (non-hydrogen) atoms. The highest BCUT2D eigenvalue weighted by atomic mass is 32.1. The van der Waals surface area contributed by atoms with Crippen molar-refractivity contribution in [1.29, 1.82) is 0 Å². The quantitative estimate of drug-likeness (QED) is 0.179. The zero-order valence-corrected chi connectivity index (χ0v) is 32.4. The maximum atomic E-state index is 5.52. The van der Waals surface area contributed by atoms with Gasteiger partial charge in [0.2, 0.25) is 5.78 Å². The largest absolute Gasteiger partial charge is 0.278 e. The molecule has 274 valence electrons. The summed E-state index contributed by atoms with van der Waals surface area (Å²) in [5.41, 5.74) is 14.0. The Hall–Kier alpha value is -7.67. The van der Waals surface area contributed by atoms with Crippen molar-refractivity contribution in [2.45, 2.75) is 0 Å². The lowest BCUT2D eigenvalue weighted by atomic mass is 9.97. The highest BCUT2D eigenvalue weighted by Gasteiger charge is 2.21. The third-order valence-electron chi connectivity index (χ3n) is 11.9. The fourth-order valence-corrected chi connectivity index (χ4v) is 10.3. The Kier molecular flexibility index (Phi) is 6.82. The molecule has 13 rings (SSSR count). The van der Waals surface area contributed by atoms with Crippen LogP contribution in [0, 0.1) is 0 Å². The summed E-state index contributed by atoms with van der Waals surface area (Å²) in [6, 6.07) is 67.2. The van der Waals surface area contributed by atoms with Gasteiger partial charge in [-0.05, 0) is 70.8 Å². The van der Waals surface area contributed by atoms with Gasteiger partial charge in [0.15, 0.2) is 5.82 Å². The molecule has 0 atom stereocenters. The van der Waals surface area contributed by atoms with Gasteiger partial charge in [0.05, 0.1) is 43.5 Å². The minimum absolute atomic E-state index is 0.689. The summed E-state index contributed by atoms with van der Waals surface area (Å²) in [4.78, 5) is 16.1. The average Bonchev–Trinajstić information content (AvgIpc) is 3.96. The van der Waals surface area contributed by atoms with Crippen LogP contribution in [0.5, 0.6) is 0 Å². The average molecular weight is 770 g/mol. The van der Waals surface area contributed by atoms with Gasteiger partial charge >= 0.3 is 0 Å². The van der Waals surface area contributed by atoms with Crippen molar-refractivity contribution in [3.8, 4) is 44.9 Å². The van der Waals surface area contributed by atoms with Crippen LogP contribution in [0.1, 0.15) is 0 Å². The third kappa shape index (κ3) is 4.81. The van der Waals surface area contributed by atoms with Crippen molar-refractivity contribution in [2.75, 3.05) is 0 Å². The molecule has 0 radical (unpaired) electrons. The van der Waals surface area contributed by atoms with Crippen LogP contribution in [-0.4, -0.2) is 23.8 Å². The predicted octanol–water partition coefficient (Wildman–Crippen LogP) is 14.0. The minimum atomic E-state index is 0.689. The normalized spacial score (nSPS) is 12.1. The van der Waals surface area contributed by atoms with Gasteiger partial charge in [-0.15, -0.1) is 11.3 Å². The highest BCUT2D eigenvalue weighted by molar-refractivity contribution is 7.26. The van der Waals surface area contributed by atoms with Crippen LogP contribution in [0.2, 0.25) is 0 Å². The zero-order valence-electron chi connectivity index (χ0n) is 31.5. The number of imidazole rings is 1. The van der Waals surface area contributed by atoms with Crippen LogP contribution in [0.25, 0.3) is 120 Å². The number of nitrogens with zero attached hydrogens (tertiary/aromatic N) is 5. The molecule has 0 aliphatic heterocycles. The predicted molar refractivity (Wildman–Crippen MR) is 246 cm³/mol. The first-order valence-electron chi connectivity index (χ1n) is 19.9. The molecular formula is C53H31N5S. The molecular weight excluding hydrogens is 739 g/mol. The van der Waals surface area contributed by atoms with E-state index in [0.29, 0.717) is 5.82 Å². The summed E-state index contributed by atoms with van der Waals surface area (Å²) in [5, 5.41) is 5.90. The first-order valence-corrected chi connectivity index (χ1v) is 20.7. The summed E-state index contributed by atoms with van der Waals surface area (Å²) < 4.78 is 7.01. The van der Waals surface area contributed by atoms with E-state index < -0.39 is 0 Å². The van der Waals surface area contributed by atoms with Crippen LogP contribution in [0.3, 0.4) is 0 Å². The SMILES string of the molecule is c1ccc(-c2ccc(-c3cc4c5ccccc5n5c6ccc(-c7nc(-c8ccccc8)c8sc9ccccc9c8n7)cc6nc5n5c6ccccc6c(c3)c45)cc2)cc1. The van der Waals surface area contributed by atoms with Gasteiger partial charge in [-0.2, -0.15) is 0 Å². The molecule has 13 aromatic rings. The summed E-state index contributed by atoms with van der Waals surface area (Å²) >= 11 is 1.75. The van der Waals surface area contributed by atoms with E-state index in [-0.39, 0.29) is 0 Å². The molecule has 5 heterocycles. The number of rotatable bonds is 4. The maximum Gasteiger partial charge on any atom is 0.220 e. The Labute approximate surface area is 341 Å². The smallest absolute Gasteiger partial charge is 0.220 e. The van der Waals surface area contributed by atoms with E-state index in [1.165, 1.54) is 43.1 Å². The lowest BCUT2D eigenvalue weighted by Crippen LogP contribution is -1.93. The second-order valence-electron chi connectivity index (χ2n) is 15.2. The molecule has 8 aromatic carbocycles. The summed E-state index contributed by atoms with van der Waals surface area (Å²) in [6.07, 6.45) is 0. The molecule has 0 bridgehead atoms. The summed E-state index contributed by atoms with van der Waals surface area (Å²) in [5.74, 6) is 1.55. The van der Waals surface area contributed by atoms with Crippen LogP contribution >= 0.6 is 11.3 Å². The van der Waals surface area contributed by atoms with Gasteiger partial charge in [0.1, 0.15) is 0 Å². The Morgan fingerprint density at radius 2 is 0.932 bits per heavy atom. The molecule has 0 saturated heterocycles. The molecule has 5 aromatic heterocycles. The van der Waals surface area contributed by atoms with E-state index >= 15 is 0 Å². The molecule has 6 heteroatoms. The fourth-order valence-electron chi connectivity index (χ4n) is 9.17. The number of para-hydroxylation sites is 2. The summed E-state index contributed by atoms with van der Waals surface area (Å²) in [6.45, 7) is 0. The topological polar surface area (TPSA) is 47.5 Å². The van der Waals surface area contributed by atoms with Crippen LogP contribution in [-0.2, 0) is 0 Å². The van der Waals surface area contributed by atoms with Gasteiger partial charge < -0.3 is 0 Å². The third-order valence-corrected chi connectivity index (χ3v) is 13.1. The van der Waals surface area contributed by atoms with E-state index in [1.54, 1.807) is 11.3 Å². The molecule has 0 saturated carbocycles. The second kappa shape index (κ2) is 12.4. The molecule has 0 amide bonds. The Bertz CT molecular complexity index is 3820. The Balaban J connectivity index is 1.07. The van der Waals surface area contributed by atoms with Gasteiger partial charge in [0.25, 0.3) is 0 Å². The number of hydrogen-bond acceptors (Lipinski definition) is 4. The number of thiophene rings is 1. The van der Waals surface area contributed by atoms with E-state index in [1.807, 2.05) is 6.07 Å². The monoisotopic (exact) mass is 769 g/mol. The molecule has 0 N–H and O–H groups in total. The van der Waals surface area contributed by atoms with Gasteiger partial charge in [-0.1, -0.05) is 140 Å². The van der Waals surface area contributed by atoms with Crippen molar-refractivity contribution in [3.05, 3.63) is 188 Å². The standard InChI is InChI=1S/C53H31N5S/c1-3-13-32(14-4-1)33-23-25-34(26-24-33)37-29-41-38-17-7-10-20-44(38)57-46-28-27-36(31-43(46)54-53(57)58-45-21-11-8-18-39(45)42(30-37)50(41)58)52-55-48(35-15-5-2-6-16-35)51-49(56-52)40-19-9-12-22-47(40)59-51/h1-31H. The number of fused-ring (bicyclic) bond motifs is 13. The first kappa shape index (κ1) is 32.4. The Morgan fingerprint density at radius 1 is 0.373 bits per heavy atom. The van der Waals surface area contributed by atoms with Gasteiger partial charge in [-0.3, -0.25) is 8.80 Å². The fraction of sp³-hybridized carbons (Fsp3) is 0. The number of aromatic nitrogens is 5. The molecule has 0 aliphatic carbocycles. The maximum absolute atomic E-state index is 5.52. The lowest BCUT2D eigenvalue weighted by molar-refractivity contribution is 1.17. The molecule has 5 nitrogen and oxygen atoms in total. The molecule has 0 unspecified atom stereocenters. The minimum Gasteiger partial charge on any atom is -0.278 e. The van der Waals surface area contributed by atoms with E-state index in [0.717, 1.165) is 71.2 Å². The van der Waals surface area contributed by atoms with E-state index in [9.17, 15) is 0 Å². The van der Waals surface area contributed by atoms with Gasteiger partial charge in [0, 0.05) is 42.8 Å². The lowest BCUT2D eigenvalue weighted by Gasteiger charge is -2.08. The zero-order chi connectivity index (χ0) is 38.6. The van der Waals surface area contributed by atoms with Crippen LogP contribution in [0.15, 0.2) is 188 Å². The molecule has 0 fully saturated rings. The summed E-state index contributed by atoms with van der Waals surface area (Å²) in [7, 11) is 0. The molecule has 0 spiro atoms. The van der Waals surface area contributed by atoms with Crippen molar-refractivity contribution < 1.29 is 0 Å². The van der Waals surface area contributed by atoms with E-state index in [2.05, 4.69) is 191 Å². The Morgan fingerprint density at radius 3 is 1.64 bits per heavy atom. The van der Waals surface area contributed by atoms with Crippen molar-refractivity contribution in [2.24, 2.45) is 0 Å². The van der Waals surface area contributed by atoms with Crippen molar-refractivity contribution in [3.63, 3.8) is 0 Å². The molecule has 0 aliphatic rings. The van der Waals surface area contributed by atoms with Crippen molar-refractivity contribution >= 4 is 86.5 Å². The van der Waals surface area contributed by atoms with Crippen LogP contribution < -0.4 is 0 Å². The van der Waals surface area contributed by atoms with Gasteiger partial charge in [-0.25, -0.2) is 15.0 Å².